The predicted molar refractivity (Wildman–Crippen MR) is 108 cm³/mol. The van der Waals surface area contributed by atoms with Gasteiger partial charge in [0.25, 0.3) is 0 Å². The fourth-order valence-electron chi connectivity index (χ4n) is 4.71. The minimum absolute atomic E-state index is 0. The lowest BCUT2D eigenvalue weighted by atomic mass is 9.93. The summed E-state index contributed by atoms with van der Waals surface area (Å²) in [5.74, 6) is 0.328. The van der Waals surface area contributed by atoms with Crippen molar-refractivity contribution < 1.29 is 9.53 Å². The second-order valence-corrected chi connectivity index (χ2v) is 8.95. The Morgan fingerprint density at radius 3 is 2.85 bits per heavy atom. The molecule has 146 valence electrons. The number of nitrogens with zero attached hydrogens (tertiary/aromatic N) is 1. The van der Waals surface area contributed by atoms with Crippen LogP contribution in [0.4, 0.5) is 0 Å². The highest BCUT2D eigenvalue weighted by atomic mass is 35.5. The van der Waals surface area contributed by atoms with Crippen LogP contribution >= 0.6 is 23.7 Å². The fraction of sp³-hybridized carbons (Fsp3) is 0.750. The van der Waals surface area contributed by atoms with Crippen molar-refractivity contribution in [3.8, 4) is 0 Å². The normalized spacial score (nSPS) is 29.3. The molecule has 26 heavy (non-hydrogen) atoms. The molecule has 0 radical (unpaired) electrons. The molecule has 2 saturated heterocycles. The van der Waals surface area contributed by atoms with E-state index in [9.17, 15) is 4.79 Å². The first kappa shape index (κ1) is 20.1. The van der Waals surface area contributed by atoms with Gasteiger partial charge in [-0.1, -0.05) is 0 Å². The number of halogens is 1. The molecule has 1 spiro atoms. The van der Waals surface area contributed by atoms with E-state index in [4.69, 9.17) is 4.74 Å². The molecule has 0 bridgehead atoms. The van der Waals surface area contributed by atoms with Crippen LogP contribution in [0, 0.1) is 5.41 Å². The number of amides is 1. The lowest BCUT2D eigenvalue weighted by Crippen LogP contribution is -2.39. The molecule has 3 fully saturated rings. The Bertz CT molecular complexity index is 589. The van der Waals surface area contributed by atoms with Crippen LogP contribution in [-0.2, 0) is 16.1 Å². The number of hydrogen-bond donors (Lipinski definition) is 1. The van der Waals surface area contributed by atoms with Crippen molar-refractivity contribution in [3.05, 3.63) is 22.4 Å². The Morgan fingerprint density at radius 2 is 2.19 bits per heavy atom. The van der Waals surface area contributed by atoms with E-state index in [0.29, 0.717) is 29.9 Å². The Morgan fingerprint density at radius 1 is 1.38 bits per heavy atom. The van der Waals surface area contributed by atoms with E-state index in [-0.39, 0.29) is 18.5 Å². The third-order valence-corrected chi connectivity index (χ3v) is 7.11. The van der Waals surface area contributed by atoms with Crippen LogP contribution in [0.5, 0.6) is 0 Å². The van der Waals surface area contributed by atoms with Crippen molar-refractivity contribution in [1.29, 1.82) is 0 Å². The molecule has 0 aromatic carbocycles. The van der Waals surface area contributed by atoms with Crippen LogP contribution in [0.3, 0.4) is 0 Å². The number of rotatable bonds is 6. The Balaban J connectivity index is 0.00000196. The number of ether oxygens (including phenoxy) is 1. The van der Waals surface area contributed by atoms with Gasteiger partial charge in [-0.25, -0.2) is 0 Å². The van der Waals surface area contributed by atoms with Crippen LogP contribution < -0.4 is 5.32 Å². The largest absolute Gasteiger partial charge is 0.375 e. The standard InChI is InChI=1S/C20H30N2O2S.ClH/c1-15-2-3-17(24-15)4-5-19(23)22(13-16-6-11-25-14-16)18-12-20(18)7-9-21-10-8-20;/h6,11,14-15,17-18,21H,2-5,7-10,12-13H2,1H3;1H. The van der Waals surface area contributed by atoms with Gasteiger partial charge >= 0.3 is 0 Å². The van der Waals surface area contributed by atoms with Crippen molar-refractivity contribution >= 4 is 29.7 Å². The molecule has 1 aliphatic carbocycles. The van der Waals surface area contributed by atoms with E-state index in [0.717, 1.165) is 38.9 Å². The lowest BCUT2D eigenvalue weighted by molar-refractivity contribution is -0.134. The molecular weight excluding hydrogens is 368 g/mol. The van der Waals surface area contributed by atoms with Gasteiger partial charge in [0.1, 0.15) is 0 Å². The quantitative estimate of drug-likeness (QED) is 0.787. The SMILES string of the molecule is CC1CCC(CCC(=O)N(Cc2ccsc2)C2CC23CCNCC3)O1.Cl. The minimum atomic E-state index is 0. The molecule has 4 rings (SSSR count). The first-order valence-corrected chi connectivity index (χ1v) is 10.8. The molecule has 1 aromatic rings. The molecule has 6 heteroatoms. The average molecular weight is 399 g/mol. The Hall–Kier alpha value is -0.620. The van der Waals surface area contributed by atoms with Crippen molar-refractivity contribution in [2.24, 2.45) is 5.41 Å². The number of piperidine rings is 1. The summed E-state index contributed by atoms with van der Waals surface area (Å²) < 4.78 is 5.91. The first-order valence-electron chi connectivity index (χ1n) is 9.83. The summed E-state index contributed by atoms with van der Waals surface area (Å²) in [5, 5.41) is 7.75. The number of carbonyl (C=O) groups is 1. The summed E-state index contributed by atoms with van der Waals surface area (Å²) in [7, 11) is 0. The van der Waals surface area contributed by atoms with Crippen LogP contribution in [0.25, 0.3) is 0 Å². The maximum absolute atomic E-state index is 13.1. The highest BCUT2D eigenvalue weighted by Crippen LogP contribution is 2.56. The van der Waals surface area contributed by atoms with E-state index in [1.807, 2.05) is 0 Å². The van der Waals surface area contributed by atoms with Gasteiger partial charge in [0.15, 0.2) is 0 Å². The second-order valence-electron chi connectivity index (χ2n) is 8.17. The molecule has 1 aromatic heterocycles. The summed E-state index contributed by atoms with van der Waals surface area (Å²) in [4.78, 5) is 15.3. The number of nitrogens with one attached hydrogen (secondary N) is 1. The maximum Gasteiger partial charge on any atom is 0.223 e. The van der Waals surface area contributed by atoms with Crippen LogP contribution in [0.15, 0.2) is 16.8 Å². The zero-order valence-electron chi connectivity index (χ0n) is 15.6. The van der Waals surface area contributed by atoms with Gasteiger partial charge in [-0.05, 0) is 86.3 Å². The molecule has 3 unspecified atom stereocenters. The van der Waals surface area contributed by atoms with Crippen LogP contribution in [0.2, 0.25) is 0 Å². The monoisotopic (exact) mass is 398 g/mol. The zero-order valence-corrected chi connectivity index (χ0v) is 17.2. The van der Waals surface area contributed by atoms with Gasteiger partial charge in [0, 0.05) is 19.0 Å². The molecule has 3 atom stereocenters. The first-order chi connectivity index (χ1) is 12.2. The Labute approximate surface area is 167 Å². The predicted octanol–water partition coefficient (Wildman–Crippen LogP) is 3.99. The van der Waals surface area contributed by atoms with Gasteiger partial charge in [0.2, 0.25) is 5.91 Å². The number of thiophene rings is 1. The third kappa shape index (κ3) is 4.44. The fourth-order valence-corrected chi connectivity index (χ4v) is 5.37. The third-order valence-electron chi connectivity index (χ3n) is 6.38. The Kier molecular flexibility index (Phi) is 6.65. The molecule has 3 aliphatic rings. The number of hydrogen-bond acceptors (Lipinski definition) is 4. The van der Waals surface area contributed by atoms with Crippen molar-refractivity contribution in [1.82, 2.24) is 10.2 Å². The molecule has 4 nitrogen and oxygen atoms in total. The van der Waals surface area contributed by atoms with Crippen molar-refractivity contribution in [2.75, 3.05) is 13.1 Å². The summed E-state index contributed by atoms with van der Waals surface area (Å²) in [5.41, 5.74) is 1.68. The highest BCUT2D eigenvalue weighted by molar-refractivity contribution is 7.07. The summed E-state index contributed by atoms with van der Waals surface area (Å²) >= 11 is 1.72. The van der Waals surface area contributed by atoms with E-state index in [1.165, 1.54) is 24.8 Å². The molecule has 2 aliphatic heterocycles. The van der Waals surface area contributed by atoms with Crippen LogP contribution in [-0.4, -0.2) is 42.1 Å². The molecule has 1 amide bonds. The lowest BCUT2D eigenvalue weighted by Gasteiger charge is -2.30. The average Bonchev–Trinajstić information content (AvgIpc) is 2.99. The molecular formula is C20H31ClN2O2S. The maximum atomic E-state index is 13.1. The van der Waals surface area contributed by atoms with E-state index in [2.05, 4.69) is 34.0 Å². The van der Waals surface area contributed by atoms with E-state index < -0.39 is 0 Å². The van der Waals surface area contributed by atoms with Gasteiger partial charge in [-0.15, -0.1) is 12.4 Å². The zero-order chi connectivity index (χ0) is 17.3. The van der Waals surface area contributed by atoms with E-state index in [1.54, 1.807) is 11.3 Å². The van der Waals surface area contributed by atoms with Gasteiger partial charge in [0.05, 0.1) is 12.2 Å². The molecule has 1 N–H and O–H groups in total. The molecule has 3 heterocycles. The van der Waals surface area contributed by atoms with Gasteiger partial charge in [-0.3, -0.25) is 4.79 Å². The van der Waals surface area contributed by atoms with Crippen molar-refractivity contribution in [2.45, 2.75) is 76.7 Å². The second kappa shape index (κ2) is 8.59. The number of carbonyl (C=O) groups excluding carboxylic acids is 1. The highest BCUT2D eigenvalue weighted by Gasteiger charge is 2.57. The smallest absolute Gasteiger partial charge is 0.223 e. The summed E-state index contributed by atoms with van der Waals surface area (Å²) in [6.07, 6.45) is 8.03. The van der Waals surface area contributed by atoms with Gasteiger partial charge in [-0.2, -0.15) is 11.3 Å². The van der Waals surface area contributed by atoms with E-state index >= 15 is 0 Å². The molecule has 1 saturated carbocycles. The minimum Gasteiger partial charge on any atom is -0.375 e. The van der Waals surface area contributed by atoms with Crippen molar-refractivity contribution in [3.63, 3.8) is 0 Å². The summed E-state index contributed by atoms with van der Waals surface area (Å²) in [6, 6.07) is 2.61. The topological polar surface area (TPSA) is 41.6 Å². The van der Waals surface area contributed by atoms with Gasteiger partial charge < -0.3 is 15.0 Å². The van der Waals surface area contributed by atoms with Crippen LogP contribution in [0.1, 0.15) is 57.4 Å². The summed E-state index contributed by atoms with van der Waals surface area (Å²) in [6.45, 7) is 5.12.